The molecule has 5 nitrogen and oxygen atoms in total. The second kappa shape index (κ2) is 5.04. The van der Waals surface area contributed by atoms with Crippen molar-refractivity contribution in [2.45, 2.75) is 31.9 Å². The molecule has 1 aliphatic rings. The molecule has 5 heteroatoms. The van der Waals surface area contributed by atoms with Crippen LogP contribution in [0.2, 0.25) is 0 Å². The molecule has 0 amide bonds. The molecule has 0 radical (unpaired) electrons. The molecule has 1 aliphatic heterocycles. The van der Waals surface area contributed by atoms with Crippen LogP contribution in [0.5, 0.6) is 0 Å². The second-order valence-electron chi connectivity index (χ2n) is 5.33. The van der Waals surface area contributed by atoms with Gasteiger partial charge in [-0.3, -0.25) is 10.1 Å². The van der Waals surface area contributed by atoms with Gasteiger partial charge in [-0.25, -0.2) is 0 Å². The van der Waals surface area contributed by atoms with Gasteiger partial charge in [-0.15, -0.1) is 0 Å². The van der Waals surface area contributed by atoms with E-state index in [9.17, 15) is 10.1 Å². The Balaban J connectivity index is 1.98. The van der Waals surface area contributed by atoms with E-state index < -0.39 is 0 Å². The van der Waals surface area contributed by atoms with Gasteiger partial charge < -0.3 is 10.1 Å². The number of rotatable bonds is 3. The zero-order valence-electron chi connectivity index (χ0n) is 10.7. The molecular weight excluding hydrogens is 232 g/mol. The first-order valence-electron chi connectivity index (χ1n) is 6.06. The molecule has 1 fully saturated rings. The molecule has 18 heavy (non-hydrogen) atoms. The van der Waals surface area contributed by atoms with Crippen molar-refractivity contribution in [3.63, 3.8) is 0 Å². The summed E-state index contributed by atoms with van der Waals surface area (Å²) in [6.07, 6.45) is 0.783. The molecule has 0 aromatic heterocycles. The summed E-state index contributed by atoms with van der Waals surface area (Å²) in [4.78, 5) is 10.3. The van der Waals surface area contributed by atoms with Crippen molar-refractivity contribution in [1.29, 1.82) is 0 Å². The molecule has 1 N–H and O–H groups in total. The van der Waals surface area contributed by atoms with Crippen LogP contribution in [0.3, 0.4) is 0 Å². The highest BCUT2D eigenvalue weighted by Gasteiger charge is 2.26. The Morgan fingerprint density at radius 2 is 2.33 bits per heavy atom. The fourth-order valence-corrected chi connectivity index (χ4v) is 2.02. The van der Waals surface area contributed by atoms with E-state index in [2.05, 4.69) is 19.2 Å². The number of hydrogen-bond donors (Lipinski definition) is 1. The van der Waals surface area contributed by atoms with Crippen molar-refractivity contribution < 1.29 is 9.66 Å². The zero-order chi connectivity index (χ0) is 13.2. The lowest BCUT2D eigenvalue weighted by Gasteiger charge is -2.36. The van der Waals surface area contributed by atoms with Crippen LogP contribution in [-0.2, 0) is 11.2 Å². The van der Waals surface area contributed by atoms with Crippen LogP contribution in [0, 0.1) is 10.1 Å². The quantitative estimate of drug-likeness (QED) is 0.657. The van der Waals surface area contributed by atoms with Crippen molar-refractivity contribution in [3.05, 3.63) is 39.9 Å². The summed E-state index contributed by atoms with van der Waals surface area (Å²) in [5.74, 6) is 0. The first-order chi connectivity index (χ1) is 8.46. The van der Waals surface area contributed by atoms with Crippen molar-refractivity contribution in [2.75, 3.05) is 13.2 Å². The number of hydrogen-bond acceptors (Lipinski definition) is 4. The van der Waals surface area contributed by atoms with Gasteiger partial charge in [0.15, 0.2) is 0 Å². The maximum Gasteiger partial charge on any atom is 0.269 e. The summed E-state index contributed by atoms with van der Waals surface area (Å²) in [6, 6.07) is 6.74. The lowest BCUT2D eigenvalue weighted by molar-refractivity contribution is -0.384. The van der Waals surface area contributed by atoms with Crippen LogP contribution in [0.15, 0.2) is 24.3 Å². The lowest BCUT2D eigenvalue weighted by atomic mass is 10.0. The molecule has 0 bridgehead atoms. The summed E-state index contributed by atoms with van der Waals surface area (Å²) < 4.78 is 5.77. The normalized spacial score (nSPS) is 22.7. The van der Waals surface area contributed by atoms with Crippen LogP contribution in [0.1, 0.15) is 19.4 Å². The number of nitro benzene ring substituents is 1. The molecule has 1 saturated heterocycles. The Labute approximate surface area is 106 Å². The van der Waals surface area contributed by atoms with Gasteiger partial charge in [0.25, 0.3) is 5.69 Å². The van der Waals surface area contributed by atoms with E-state index in [1.54, 1.807) is 12.1 Å². The molecule has 1 heterocycles. The smallest absolute Gasteiger partial charge is 0.269 e. The number of nitrogens with one attached hydrogen (secondary N) is 1. The molecule has 98 valence electrons. The van der Waals surface area contributed by atoms with Gasteiger partial charge in [-0.1, -0.05) is 12.1 Å². The predicted molar refractivity (Wildman–Crippen MR) is 68.6 cm³/mol. The van der Waals surface area contributed by atoms with Crippen LogP contribution in [0.4, 0.5) is 5.69 Å². The number of non-ortho nitro benzene ring substituents is 1. The molecule has 1 aromatic carbocycles. The zero-order valence-corrected chi connectivity index (χ0v) is 10.7. The van der Waals surface area contributed by atoms with E-state index in [4.69, 9.17) is 4.74 Å². The van der Waals surface area contributed by atoms with E-state index >= 15 is 0 Å². The molecule has 1 unspecified atom stereocenters. The van der Waals surface area contributed by atoms with Crippen LogP contribution < -0.4 is 5.32 Å². The van der Waals surface area contributed by atoms with Crippen LogP contribution >= 0.6 is 0 Å². The Kier molecular flexibility index (Phi) is 3.63. The minimum atomic E-state index is -0.368. The number of ether oxygens (including phenoxy) is 1. The van der Waals surface area contributed by atoms with E-state index in [1.165, 1.54) is 6.07 Å². The first-order valence-corrected chi connectivity index (χ1v) is 6.06. The van der Waals surface area contributed by atoms with Gasteiger partial charge in [0.2, 0.25) is 0 Å². The van der Waals surface area contributed by atoms with E-state index in [0.29, 0.717) is 13.0 Å². The predicted octanol–water partition coefficient (Wildman–Crippen LogP) is 1.90. The summed E-state index contributed by atoms with van der Waals surface area (Å²) in [6.45, 7) is 5.62. The molecular formula is C13H18N2O3. The second-order valence-corrected chi connectivity index (χ2v) is 5.33. The number of benzene rings is 1. The standard InChI is InChI=1S/C13H18N2O3/c1-13(2)9-18-12(8-14-13)7-10-4-3-5-11(6-10)15(16)17/h3-6,12,14H,7-9H2,1-2H3. The van der Waals surface area contributed by atoms with Crippen LogP contribution in [-0.4, -0.2) is 29.7 Å². The molecule has 0 spiro atoms. The highest BCUT2D eigenvalue weighted by atomic mass is 16.6. The maximum absolute atomic E-state index is 10.7. The Morgan fingerprint density at radius 1 is 1.56 bits per heavy atom. The lowest BCUT2D eigenvalue weighted by Crippen LogP contribution is -2.53. The van der Waals surface area contributed by atoms with Gasteiger partial charge in [-0.2, -0.15) is 0 Å². The minimum Gasteiger partial charge on any atom is -0.375 e. The molecule has 0 saturated carbocycles. The van der Waals surface area contributed by atoms with E-state index in [0.717, 1.165) is 12.1 Å². The molecule has 1 aromatic rings. The van der Waals surface area contributed by atoms with Crippen molar-refractivity contribution in [3.8, 4) is 0 Å². The highest BCUT2D eigenvalue weighted by molar-refractivity contribution is 5.34. The third-order valence-corrected chi connectivity index (χ3v) is 3.07. The third kappa shape index (κ3) is 3.27. The van der Waals surface area contributed by atoms with Gasteiger partial charge in [0, 0.05) is 30.6 Å². The van der Waals surface area contributed by atoms with Crippen molar-refractivity contribution in [1.82, 2.24) is 5.32 Å². The monoisotopic (exact) mass is 250 g/mol. The fraction of sp³-hybridized carbons (Fsp3) is 0.538. The van der Waals surface area contributed by atoms with E-state index in [-0.39, 0.29) is 22.3 Å². The van der Waals surface area contributed by atoms with Crippen LogP contribution in [0.25, 0.3) is 0 Å². The summed E-state index contributed by atoms with van der Waals surface area (Å²) in [5, 5.41) is 14.1. The van der Waals surface area contributed by atoms with Gasteiger partial charge >= 0.3 is 0 Å². The summed E-state index contributed by atoms with van der Waals surface area (Å²) in [5.41, 5.74) is 1.09. The van der Waals surface area contributed by atoms with Gasteiger partial charge in [-0.05, 0) is 19.4 Å². The average Bonchev–Trinajstić information content (AvgIpc) is 2.32. The Hall–Kier alpha value is -1.46. The third-order valence-electron chi connectivity index (χ3n) is 3.07. The molecule has 2 rings (SSSR count). The molecule has 0 aliphatic carbocycles. The largest absolute Gasteiger partial charge is 0.375 e. The van der Waals surface area contributed by atoms with E-state index in [1.807, 2.05) is 6.07 Å². The Morgan fingerprint density at radius 3 is 2.94 bits per heavy atom. The maximum atomic E-state index is 10.7. The van der Waals surface area contributed by atoms with Gasteiger partial charge in [0.05, 0.1) is 17.6 Å². The topological polar surface area (TPSA) is 64.4 Å². The van der Waals surface area contributed by atoms with Crippen molar-refractivity contribution in [2.24, 2.45) is 0 Å². The van der Waals surface area contributed by atoms with Crippen molar-refractivity contribution >= 4 is 5.69 Å². The average molecular weight is 250 g/mol. The van der Waals surface area contributed by atoms with Gasteiger partial charge in [0.1, 0.15) is 0 Å². The summed E-state index contributed by atoms with van der Waals surface area (Å²) in [7, 11) is 0. The number of nitrogens with zero attached hydrogens (tertiary/aromatic N) is 1. The fourth-order valence-electron chi connectivity index (χ4n) is 2.02. The highest BCUT2D eigenvalue weighted by Crippen LogP contribution is 2.18. The number of nitro groups is 1. The first kappa shape index (κ1) is 13.0. The SMILES string of the molecule is CC1(C)COC(Cc2cccc([N+](=O)[O-])c2)CN1. The Bertz CT molecular complexity index is 436. The molecule has 1 atom stereocenters. The summed E-state index contributed by atoms with van der Waals surface area (Å²) >= 11 is 0. The number of morpholine rings is 1. The minimum absolute atomic E-state index is 0.0131.